The van der Waals surface area contributed by atoms with Gasteiger partial charge in [-0.25, -0.2) is 0 Å². The topological polar surface area (TPSA) is 143 Å². The van der Waals surface area contributed by atoms with Gasteiger partial charge in [0.25, 0.3) is 0 Å². The van der Waals surface area contributed by atoms with Gasteiger partial charge in [-0.05, 0) is 0 Å². The van der Waals surface area contributed by atoms with E-state index in [-0.39, 0.29) is 12.4 Å². The van der Waals surface area contributed by atoms with E-state index in [1.807, 2.05) is 0 Å². The molecule has 0 aromatic rings. The number of rotatable bonds is 0. The fourth-order valence-corrected chi connectivity index (χ4v) is 10.1. The van der Waals surface area contributed by atoms with Crippen molar-refractivity contribution in [1.82, 2.24) is 0 Å². The van der Waals surface area contributed by atoms with Crippen molar-refractivity contribution in [3.63, 3.8) is 0 Å². The van der Waals surface area contributed by atoms with Gasteiger partial charge in [-0.15, -0.1) is 12.4 Å². The minimum Gasteiger partial charge on any atom is -0.147 e. The van der Waals surface area contributed by atoms with Crippen molar-refractivity contribution in [3.05, 3.63) is 0 Å². The van der Waals surface area contributed by atoms with Crippen LogP contribution < -0.4 is 0 Å². The van der Waals surface area contributed by atoms with Crippen LogP contribution in [0.1, 0.15) is 20.8 Å². The Bertz CT molecular complexity index is 546. The third kappa shape index (κ3) is 0.851. The van der Waals surface area contributed by atoms with Gasteiger partial charge in [0, 0.05) is 0 Å². The zero-order valence-corrected chi connectivity index (χ0v) is 14.1. The van der Waals surface area contributed by atoms with E-state index in [0.29, 0.717) is 0 Å². The first-order valence-corrected chi connectivity index (χ1v) is 15.7. The quantitative estimate of drug-likeness (QED) is 0.627. The first-order valence-electron chi connectivity index (χ1n) is 5.32. The molecule has 0 unspecified atom stereocenters. The smallest absolute Gasteiger partial charge is 0.147 e. The van der Waals surface area contributed by atoms with Gasteiger partial charge in [0.2, 0.25) is 0 Å². The summed E-state index contributed by atoms with van der Waals surface area (Å²) in [5, 5.41) is 56.3. The maximum absolute atomic E-state index is 9.39. The normalized spacial score (nSPS) is 15.7. The van der Waals surface area contributed by atoms with Gasteiger partial charge in [0.15, 0.2) is 0 Å². The maximum atomic E-state index is 9.39. The zero-order valence-electron chi connectivity index (χ0n) is 10.3. The van der Waals surface area contributed by atoms with E-state index in [2.05, 4.69) is 0 Å². The monoisotopic (exact) mass is 313 g/mol. The summed E-state index contributed by atoms with van der Waals surface area (Å²) in [6.45, 7) is 3.72. The van der Waals surface area contributed by atoms with E-state index in [9.17, 15) is 31.6 Å². The van der Waals surface area contributed by atoms with Crippen LogP contribution in [0.15, 0.2) is 0 Å². The van der Waals surface area contributed by atoms with Crippen LogP contribution in [-0.2, 0) is 11.2 Å². The summed E-state index contributed by atoms with van der Waals surface area (Å²) in [7, 11) is 0. The molecule has 8 heteroatoms. The van der Waals surface area contributed by atoms with Gasteiger partial charge >= 0.3 is 95.6 Å². The Kier molecular flexibility index (Phi) is 3.03. The van der Waals surface area contributed by atoms with E-state index in [1.165, 1.54) is 48.8 Å². The molecule has 0 N–H and O–H groups in total. The molecule has 0 amide bonds. The fraction of sp³-hybridized carbons (Fsp3) is 0.400. The first kappa shape index (κ1) is 18.2. The maximum Gasteiger partial charge on any atom is -0.147 e. The van der Waals surface area contributed by atoms with Crippen molar-refractivity contribution < 1.29 is 11.2 Å². The molecule has 0 rings (SSSR count). The second kappa shape index (κ2) is 2.99. The molecule has 0 aliphatic carbocycles. The summed E-state index contributed by atoms with van der Waals surface area (Å²) < 4.78 is 6.34. The van der Waals surface area contributed by atoms with Crippen LogP contribution in [0.3, 0.4) is 0 Å². The van der Waals surface area contributed by atoms with Crippen molar-refractivity contribution in [2.24, 2.45) is 0 Å². The Morgan fingerprint density at radius 3 is 0.778 bits per heavy atom. The summed E-state index contributed by atoms with van der Waals surface area (Å²) in [5.74, 6) is 0. The largest absolute Gasteiger partial charge is 0.147 e. The van der Waals surface area contributed by atoms with Crippen LogP contribution in [0, 0.1) is 59.6 Å². The Morgan fingerprint density at radius 1 is 0.611 bits per heavy atom. The van der Waals surface area contributed by atoms with E-state index in [0.717, 1.165) is 0 Å². The van der Waals surface area contributed by atoms with Crippen molar-refractivity contribution in [1.29, 1.82) is 31.6 Å². The molecule has 0 radical (unpaired) electrons. The van der Waals surface area contributed by atoms with Crippen LogP contribution in [0.5, 0.6) is 0 Å². The Morgan fingerprint density at radius 2 is 0.778 bits per heavy atom. The van der Waals surface area contributed by atoms with Crippen LogP contribution >= 0.6 is 12.4 Å². The number of hydrogen-bond donors (Lipinski definition) is 0. The summed E-state index contributed by atoms with van der Waals surface area (Å²) in [5.41, 5.74) is 0. The van der Waals surface area contributed by atoms with Crippen LogP contribution in [0.2, 0.25) is 4.01 Å². The van der Waals surface area contributed by atoms with Gasteiger partial charge in [-0.3, -0.25) is 0 Å². The first-order chi connectivity index (χ1) is 7.54. The minimum absolute atomic E-state index is 0. The van der Waals surface area contributed by atoms with Gasteiger partial charge in [-0.2, -0.15) is 0 Å². The molecular weight excluding hydrogens is 305 g/mol. The predicted octanol–water partition coefficient (Wildman–Crippen LogP) is 2.27. The van der Waals surface area contributed by atoms with E-state index in [1.54, 1.807) is 0 Å². The summed E-state index contributed by atoms with van der Waals surface area (Å²) in [6.07, 6.45) is 0. The van der Waals surface area contributed by atoms with Crippen LogP contribution in [0.4, 0.5) is 0 Å². The second-order valence-electron chi connectivity index (χ2n) is 7.22. The second-order valence-corrected chi connectivity index (χ2v) is 31.2. The van der Waals surface area contributed by atoms with Gasteiger partial charge in [0.1, 0.15) is 0 Å². The van der Waals surface area contributed by atoms with Gasteiger partial charge in [-0.1, -0.05) is 0 Å². The fourth-order valence-electron chi connectivity index (χ4n) is 1.95. The molecule has 18 heavy (non-hydrogen) atoms. The Hall–Kier alpha value is -2.15. The molecule has 0 spiro atoms. The van der Waals surface area contributed by atoms with Crippen LogP contribution in [-0.4, -0.2) is 0 Å². The number of nitriles is 6. The molecule has 0 bridgehead atoms. The van der Waals surface area contributed by atoms with Gasteiger partial charge < -0.3 is 0 Å². The van der Waals surface area contributed by atoms with E-state index < -0.39 is 15.3 Å². The summed E-state index contributed by atoms with van der Waals surface area (Å²) >= 11 is -7.93. The zero-order chi connectivity index (χ0) is 14.1. The van der Waals surface area contributed by atoms with Crippen molar-refractivity contribution in [2.45, 2.75) is 24.8 Å². The molecule has 0 aromatic carbocycles. The van der Waals surface area contributed by atoms with Gasteiger partial charge in [0.05, 0.1) is 0 Å². The Balaban J connectivity index is 0. The molecule has 0 aliphatic heterocycles. The summed E-state index contributed by atoms with van der Waals surface area (Å²) in [6, 6.07) is 0. The summed E-state index contributed by atoms with van der Waals surface area (Å²) in [4.78, 5) is 0. The molecule has 0 aromatic heterocycles. The average molecular weight is 315 g/mol. The molecule has 6 nitrogen and oxygen atoms in total. The molecule has 0 aliphatic rings. The molecule has 0 heterocycles. The minimum atomic E-state index is -7.93. The molecule has 0 fully saturated rings. The third-order valence-electron chi connectivity index (χ3n) is 6.03. The van der Waals surface area contributed by atoms with E-state index in [4.69, 9.17) is 0 Å². The molecule has 0 saturated carbocycles. The number of hydrogen-bond acceptors (Lipinski definition) is 6. The molecule has 89 valence electrons. The molecule has 0 atom stereocenters. The number of halogens is 1. The predicted molar refractivity (Wildman–Crippen MR) is 60.6 cm³/mol. The van der Waals surface area contributed by atoms with E-state index >= 15 is 0 Å². The standard InChI is InChI=1S/C4H9.6CN.ClH.Zn/c1-4(2)3;6*1-2;;/h1-3H3;;;;;;;1H;. The molecular formula is C10H10ClN6Zn. The van der Waals surface area contributed by atoms with Crippen molar-refractivity contribution in [3.8, 4) is 28.0 Å². The van der Waals surface area contributed by atoms with Crippen molar-refractivity contribution in [2.75, 3.05) is 0 Å². The number of nitrogens with zero attached hydrogens (tertiary/aromatic N) is 6. The average Bonchev–Trinajstić information content (AvgIpc) is 2.36. The van der Waals surface area contributed by atoms with Crippen molar-refractivity contribution >= 4 is 12.4 Å². The SMILES string of the molecule is C[C](C)(C)[Zn]([C]#N)([C]#N)([C]#N)([C]#N)([C]#N)[C]#N.Cl. The molecule has 0 saturated heterocycles. The van der Waals surface area contributed by atoms with Crippen LogP contribution in [0.25, 0.3) is 0 Å². The third-order valence-corrected chi connectivity index (χ3v) is 31.3. The Labute approximate surface area is 108 Å².